The lowest BCUT2D eigenvalue weighted by atomic mass is 10.0. The minimum absolute atomic E-state index is 0.0151. The number of benzene rings is 4. The molecule has 1 atom stereocenters. The van der Waals surface area contributed by atoms with Crippen LogP contribution >= 0.6 is 15.9 Å². The van der Waals surface area contributed by atoms with Crippen LogP contribution in [-0.4, -0.2) is 51.4 Å². The van der Waals surface area contributed by atoms with Crippen molar-refractivity contribution in [2.24, 2.45) is 5.92 Å². The summed E-state index contributed by atoms with van der Waals surface area (Å²) in [5.74, 6) is -0.139. The van der Waals surface area contributed by atoms with Crippen LogP contribution in [0.15, 0.2) is 112 Å². The molecular formula is C36H40BrN3O5S. The van der Waals surface area contributed by atoms with Crippen LogP contribution in [0.3, 0.4) is 0 Å². The van der Waals surface area contributed by atoms with Gasteiger partial charge < -0.3 is 15.0 Å². The predicted octanol–water partition coefficient (Wildman–Crippen LogP) is 6.37. The Hall–Kier alpha value is -4.15. The molecule has 0 saturated carbocycles. The van der Waals surface area contributed by atoms with Gasteiger partial charge in [-0.15, -0.1) is 0 Å². The highest BCUT2D eigenvalue weighted by Gasteiger charge is 2.35. The first-order valence-electron chi connectivity index (χ1n) is 15.1. The van der Waals surface area contributed by atoms with Crippen molar-refractivity contribution in [1.29, 1.82) is 0 Å². The van der Waals surface area contributed by atoms with E-state index >= 15 is 0 Å². The SMILES string of the molecule is COc1ccc(S(=O)(=O)N(CC(=O)N(Cc2ccccc2)C(Cc2ccccc2)C(=O)NCC(C)C)c2ccc(C)cc2)cc1Br. The molecule has 0 radical (unpaired) electrons. The number of carbonyl (C=O) groups excluding carboxylic acids is 2. The molecule has 10 heteroatoms. The van der Waals surface area contributed by atoms with Crippen molar-refractivity contribution in [3.05, 3.63) is 124 Å². The van der Waals surface area contributed by atoms with E-state index in [-0.39, 0.29) is 29.7 Å². The van der Waals surface area contributed by atoms with E-state index in [4.69, 9.17) is 4.74 Å². The molecule has 0 saturated heterocycles. The number of carbonyl (C=O) groups is 2. The topological polar surface area (TPSA) is 96.0 Å². The number of hydrogen-bond acceptors (Lipinski definition) is 5. The average molecular weight is 707 g/mol. The molecule has 8 nitrogen and oxygen atoms in total. The number of hydrogen-bond donors (Lipinski definition) is 1. The van der Waals surface area contributed by atoms with E-state index in [0.717, 1.165) is 21.0 Å². The Kier molecular flexibility index (Phi) is 12.0. The summed E-state index contributed by atoms with van der Waals surface area (Å²) in [6.07, 6.45) is 0.256. The lowest BCUT2D eigenvalue weighted by molar-refractivity contribution is -0.140. The van der Waals surface area contributed by atoms with Gasteiger partial charge in [0.2, 0.25) is 11.8 Å². The fourth-order valence-corrected chi connectivity index (χ4v) is 7.06. The Bertz CT molecular complexity index is 1720. The van der Waals surface area contributed by atoms with Crippen LogP contribution in [0.5, 0.6) is 5.75 Å². The van der Waals surface area contributed by atoms with Gasteiger partial charge in [-0.1, -0.05) is 92.2 Å². The molecule has 0 aromatic heterocycles. The van der Waals surface area contributed by atoms with Crippen LogP contribution in [-0.2, 0) is 32.6 Å². The molecule has 0 spiro atoms. The number of anilines is 1. The maximum atomic E-state index is 14.5. The fraction of sp³-hybridized carbons (Fsp3) is 0.278. The molecule has 0 aliphatic heterocycles. The summed E-state index contributed by atoms with van der Waals surface area (Å²) in [6.45, 7) is 5.93. The summed E-state index contributed by atoms with van der Waals surface area (Å²) >= 11 is 3.39. The molecule has 0 heterocycles. The van der Waals surface area contributed by atoms with Crippen LogP contribution in [0, 0.1) is 12.8 Å². The lowest BCUT2D eigenvalue weighted by Crippen LogP contribution is -2.53. The number of ether oxygens (including phenoxy) is 1. The Morgan fingerprint density at radius 1 is 0.870 bits per heavy atom. The first kappa shape index (κ1) is 34.7. The van der Waals surface area contributed by atoms with Gasteiger partial charge in [0.1, 0.15) is 18.3 Å². The molecule has 0 aliphatic carbocycles. The van der Waals surface area contributed by atoms with Crippen LogP contribution in [0.4, 0.5) is 5.69 Å². The molecule has 1 unspecified atom stereocenters. The van der Waals surface area contributed by atoms with Crippen molar-refractivity contribution >= 4 is 43.5 Å². The average Bonchev–Trinajstić information content (AvgIpc) is 3.05. The van der Waals surface area contributed by atoms with Crippen LogP contribution in [0.25, 0.3) is 0 Å². The van der Waals surface area contributed by atoms with Gasteiger partial charge in [-0.25, -0.2) is 8.42 Å². The van der Waals surface area contributed by atoms with E-state index in [0.29, 0.717) is 22.5 Å². The smallest absolute Gasteiger partial charge is 0.264 e. The number of amides is 2. The van der Waals surface area contributed by atoms with Gasteiger partial charge in [-0.3, -0.25) is 13.9 Å². The number of nitrogens with one attached hydrogen (secondary N) is 1. The molecule has 4 aromatic carbocycles. The lowest BCUT2D eigenvalue weighted by Gasteiger charge is -2.34. The molecule has 2 amide bonds. The summed E-state index contributed by atoms with van der Waals surface area (Å²) in [4.78, 5) is 29.9. The van der Waals surface area contributed by atoms with E-state index in [1.54, 1.807) is 30.3 Å². The van der Waals surface area contributed by atoms with Crippen molar-refractivity contribution < 1.29 is 22.7 Å². The van der Waals surface area contributed by atoms with Crippen molar-refractivity contribution in [3.63, 3.8) is 0 Å². The highest BCUT2D eigenvalue weighted by molar-refractivity contribution is 9.10. The molecule has 242 valence electrons. The summed E-state index contributed by atoms with van der Waals surface area (Å²) < 4.78 is 35.4. The Balaban J connectivity index is 1.79. The summed E-state index contributed by atoms with van der Waals surface area (Å²) in [5.41, 5.74) is 2.96. The maximum absolute atomic E-state index is 14.5. The van der Waals surface area contributed by atoms with Crippen LogP contribution in [0.1, 0.15) is 30.5 Å². The number of halogens is 1. The molecule has 4 aromatic rings. The predicted molar refractivity (Wildman–Crippen MR) is 185 cm³/mol. The van der Waals surface area contributed by atoms with E-state index in [9.17, 15) is 18.0 Å². The second-order valence-corrected chi connectivity index (χ2v) is 14.2. The molecule has 46 heavy (non-hydrogen) atoms. The third-order valence-corrected chi connectivity index (χ3v) is 9.85. The highest BCUT2D eigenvalue weighted by atomic mass is 79.9. The highest BCUT2D eigenvalue weighted by Crippen LogP contribution is 2.31. The molecule has 0 fully saturated rings. The number of sulfonamides is 1. The van der Waals surface area contributed by atoms with E-state index in [1.165, 1.54) is 24.1 Å². The van der Waals surface area contributed by atoms with E-state index < -0.39 is 28.5 Å². The van der Waals surface area contributed by atoms with Gasteiger partial charge in [0.05, 0.1) is 22.2 Å². The minimum Gasteiger partial charge on any atom is -0.496 e. The summed E-state index contributed by atoms with van der Waals surface area (Å²) in [5, 5.41) is 3.01. The minimum atomic E-state index is -4.24. The summed E-state index contributed by atoms with van der Waals surface area (Å²) in [7, 11) is -2.75. The first-order chi connectivity index (χ1) is 22.0. The maximum Gasteiger partial charge on any atom is 0.264 e. The second-order valence-electron chi connectivity index (χ2n) is 11.5. The van der Waals surface area contributed by atoms with Crippen molar-refractivity contribution in [3.8, 4) is 5.75 Å². The Labute approximate surface area is 280 Å². The number of aryl methyl sites for hydroxylation is 1. The third-order valence-electron chi connectivity index (χ3n) is 7.46. The summed E-state index contributed by atoms with van der Waals surface area (Å²) in [6, 6.07) is 29.4. The van der Waals surface area contributed by atoms with Crippen LogP contribution in [0.2, 0.25) is 0 Å². The normalized spacial score (nSPS) is 12.0. The van der Waals surface area contributed by atoms with Crippen molar-refractivity contribution in [2.75, 3.05) is 24.5 Å². The number of rotatable bonds is 14. The van der Waals surface area contributed by atoms with E-state index in [2.05, 4.69) is 21.2 Å². The number of nitrogens with zero attached hydrogens (tertiary/aromatic N) is 2. The number of methoxy groups -OCH3 is 1. The zero-order valence-electron chi connectivity index (χ0n) is 26.5. The van der Waals surface area contributed by atoms with Crippen molar-refractivity contribution in [2.45, 2.75) is 44.7 Å². The van der Waals surface area contributed by atoms with Gasteiger partial charge >= 0.3 is 0 Å². The third kappa shape index (κ3) is 8.98. The molecule has 4 rings (SSSR count). The van der Waals surface area contributed by atoms with E-state index in [1.807, 2.05) is 81.4 Å². The molecule has 0 aliphatic rings. The van der Waals surface area contributed by atoms with Crippen molar-refractivity contribution in [1.82, 2.24) is 10.2 Å². The Morgan fingerprint density at radius 2 is 1.48 bits per heavy atom. The fourth-order valence-electron chi connectivity index (χ4n) is 4.93. The zero-order valence-corrected chi connectivity index (χ0v) is 28.9. The zero-order chi connectivity index (χ0) is 33.3. The largest absolute Gasteiger partial charge is 0.496 e. The van der Waals surface area contributed by atoms with Gasteiger partial charge in [0.15, 0.2) is 0 Å². The molecular weight excluding hydrogens is 666 g/mol. The monoisotopic (exact) mass is 705 g/mol. The standard InChI is InChI=1S/C36H40BrN3O5S/c1-26(2)23-38-36(42)33(21-28-11-7-5-8-12-28)39(24-29-13-9-6-10-14-29)35(41)25-40(30-17-15-27(3)16-18-30)46(43,44)31-19-20-34(45-4)32(37)22-31/h5-20,22,26,33H,21,23-25H2,1-4H3,(H,38,42). The Morgan fingerprint density at radius 3 is 2.04 bits per heavy atom. The van der Waals surface area contributed by atoms with Gasteiger partial charge in [-0.05, 0) is 70.2 Å². The van der Waals surface area contributed by atoms with Gasteiger partial charge in [-0.2, -0.15) is 0 Å². The van der Waals surface area contributed by atoms with Crippen LogP contribution < -0.4 is 14.4 Å². The quantitative estimate of drug-likeness (QED) is 0.164. The second kappa shape index (κ2) is 15.9. The van der Waals surface area contributed by atoms with Gasteiger partial charge in [0.25, 0.3) is 10.0 Å². The van der Waals surface area contributed by atoms with Gasteiger partial charge in [0, 0.05) is 19.5 Å². The molecule has 1 N–H and O–H groups in total. The first-order valence-corrected chi connectivity index (χ1v) is 17.3. The molecule has 0 bridgehead atoms.